The summed E-state index contributed by atoms with van der Waals surface area (Å²) < 4.78 is 10.9. The lowest BCUT2D eigenvalue weighted by molar-refractivity contribution is -0.384. The zero-order chi connectivity index (χ0) is 16.4. The van der Waals surface area contributed by atoms with Crippen molar-refractivity contribution in [2.24, 2.45) is 0 Å². The van der Waals surface area contributed by atoms with E-state index in [4.69, 9.17) is 14.9 Å². The van der Waals surface area contributed by atoms with Gasteiger partial charge in [-0.25, -0.2) is 0 Å². The summed E-state index contributed by atoms with van der Waals surface area (Å²) in [4.78, 5) is 13.0. The van der Waals surface area contributed by atoms with Crippen LogP contribution in [0.3, 0.4) is 0 Å². The van der Waals surface area contributed by atoms with Crippen LogP contribution in [0.15, 0.2) is 34.7 Å². The molecule has 0 spiro atoms. The molecule has 0 saturated carbocycles. The fourth-order valence-corrected chi connectivity index (χ4v) is 3.07. The van der Waals surface area contributed by atoms with Gasteiger partial charge in [0.05, 0.1) is 11.0 Å². The summed E-state index contributed by atoms with van der Waals surface area (Å²) >= 11 is 0. The predicted molar refractivity (Wildman–Crippen MR) is 86.3 cm³/mol. The molecule has 1 aliphatic heterocycles. The Hall–Kier alpha value is -2.54. The van der Waals surface area contributed by atoms with E-state index in [1.807, 2.05) is 17.0 Å². The molecule has 122 valence electrons. The molecule has 2 aromatic rings. The number of nitrogen functional groups attached to an aromatic ring is 1. The standard InChI is InChI=1S/C16H19N3O4/c1-22-10-12-5-7-16(23-12)14-3-2-8-18(14)15-9-11(17)4-6-13(15)19(20)21/h4-7,9,14H,2-3,8,10,17H2,1H3/t14-/m0/s1. The maximum absolute atomic E-state index is 11.3. The van der Waals surface area contributed by atoms with Crippen molar-refractivity contribution in [3.05, 3.63) is 52.0 Å². The van der Waals surface area contributed by atoms with Crippen LogP contribution < -0.4 is 10.6 Å². The first-order chi connectivity index (χ1) is 11.1. The minimum atomic E-state index is -0.372. The molecule has 1 saturated heterocycles. The SMILES string of the molecule is COCc1ccc([C@@H]2CCCN2c2cc(N)ccc2[N+](=O)[O-])o1. The number of hydrogen-bond acceptors (Lipinski definition) is 6. The minimum absolute atomic E-state index is 0.0268. The second-order valence-corrected chi connectivity index (χ2v) is 5.59. The van der Waals surface area contributed by atoms with Crippen molar-refractivity contribution in [3.63, 3.8) is 0 Å². The molecular formula is C16H19N3O4. The number of nitro benzene ring substituents is 1. The Balaban J connectivity index is 1.95. The van der Waals surface area contributed by atoms with Gasteiger partial charge in [-0.05, 0) is 37.1 Å². The highest BCUT2D eigenvalue weighted by Gasteiger charge is 2.32. The highest BCUT2D eigenvalue weighted by atomic mass is 16.6. The van der Waals surface area contributed by atoms with Gasteiger partial charge in [-0.3, -0.25) is 10.1 Å². The van der Waals surface area contributed by atoms with Gasteiger partial charge in [0, 0.05) is 25.4 Å². The highest BCUT2D eigenvalue weighted by Crippen LogP contribution is 2.41. The fourth-order valence-electron chi connectivity index (χ4n) is 3.07. The molecule has 0 bridgehead atoms. The third-order valence-corrected chi connectivity index (χ3v) is 4.06. The Labute approximate surface area is 133 Å². The number of anilines is 2. The molecule has 0 aliphatic carbocycles. The van der Waals surface area contributed by atoms with Gasteiger partial charge >= 0.3 is 0 Å². The first-order valence-electron chi connectivity index (χ1n) is 7.48. The third-order valence-electron chi connectivity index (χ3n) is 4.06. The van der Waals surface area contributed by atoms with E-state index in [0.29, 0.717) is 18.0 Å². The zero-order valence-electron chi connectivity index (χ0n) is 12.9. The normalized spacial score (nSPS) is 17.6. The van der Waals surface area contributed by atoms with E-state index in [9.17, 15) is 10.1 Å². The van der Waals surface area contributed by atoms with Crippen LogP contribution in [-0.2, 0) is 11.3 Å². The van der Waals surface area contributed by atoms with E-state index < -0.39 is 0 Å². The number of nitrogens with two attached hydrogens (primary N) is 1. The summed E-state index contributed by atoms with van der Waals surface area (Å²) in [6.45, 7) is 1.14. The third kappa shape index (κ3) is 3.00. The summed E-state index contributed by atoms with van der Waals surface area (Å²) in [5.74, 6) is 1.54. The summed E-state index contributed by atoms with van der Waals surface area (Å²) in [6, 6.07) is 8.43. The average Bonchev–Trinajstić information content (AvgIpc) is 3.15. The first-order valence-corrected chi connectivity index (χ1v) is 7.48. The molecule has 1 fully saturated rings. The van der Waals surface area contributed by atoms with Gasteiger partial charge < -0.3 is 19.8 Å². The second kappa shape index (κ2) is 6.29. The Kier molecular flexibility index (Phi) is 4.20. The number of methoxy groups -OCH3 is 1. The van der Waals surface area contributed by atoms with E-state index in [0.717, 1.165) is 30.9 Å². The molecule has 1 atom stereocenters. The van der Waals surface area contributed by atoms with Crippen molar-refractivity contribution in [1.29, 1.82) is 0 Å². The lowest BCUT2D eigenvalue weighted by Crippen LogP contribution is -2.23. The Morgan fingerprint density at radius 2 is 2.26 bits per heavy atom. The van der Waals surface area contributed by atoms with Crippen molar-refractivity contribution in [2.45, 2.75) is 25.5 Å². The minimum Gasteiger partial charge on any atom is -0.461 e. The molecule has 0 radical (unpaired) electrons. The molecule has 2 N–H and O–H groups in total. The average molecular weight is 317 g/mol. The fraction of sp³-hybridized carbons (Fsp3) is 0.375. The van der Waals surface area contributed by atoms with Crippen molar-refractivity contribution in [1.82, 2.24) is 0 Å². The molecule has 1 aliphatic rings. The zero-order valence-corrected chi connectivity index (χ0v) is 12.9. The van der Waals surface area contributed by atoms with Crippen LogP contribution in [0.25, 0.3) is 0 Å². The van der Waals surface area contributed by atoms with Crippen molar-refractivity contribution >= 4 is 17.1 Å². The number of nitrogens with zero attached hydrogens (tertiary/aromatic N) is 2. The van der Waals surface area contributed by atoms with Crippen LogP contribution in [0.5, 0.6) is 0 Å². The Morgan fingerprint density at radius 1 is 1.43 bits per heavy atom. The molecule has 7 nitrogen and oxygen atoms in total. The summed E-state index contributed by atoms with van der Waals surface area (Å²) in [5.41, 5.74) is 6.95. The van der Waals surface area contributed by atoms with Crippen LogP contribution in [0.1, 0.15) is 30.4 Å². The summed E-state index contributed by atoms with van der Waals surface area (Å²) in [6.07, 6.45) is 1.82. The number of hydrogen-bond donors (Lipinski definition) is 1. The van der Waals surface area contributed by atoms with E-state index in [-0.39, 0.29) is 16.7 Å². The molecule has 1 aromatic heterocycles. The largest absolute Gasteiger partial charge is 0.461 e. The van der Waals surface area contributed by atoms with Gasteiger partial charge in [0.2, 0.25) is 0 Å². The summed E-state index contributed by atoms with van der Waals surface area (Å²) in [7, 11) is 1.61. The van der Waals surface area contributed by atoms with E-state index in [1.54, 1.807) is 19.2 Å². The lowest BCUT2D eigenvalue weighted by Gasteiger charge is -2.25. The van der Waals surface area contributed by atoms with Crippen LogP contribution in [0, 0.1) is 10.1 Å². The monoisotopic (exact) mass is 317 g/mol. The molecule has 0 unspecified atom stereocenters. The van der Waals surface area contributed by atoms with Gasteiger partial charge in [-0.15, -0.1) is 0 Å². The second-order valence-electron chi connectivity index (χ2n) is 5.59. The lowest BCUT2D eigenvalue weighted by atomic mass is 10.1. The molecule has 2 heterocycles. The first kappa shape index (κ1) is 15.4. The smallest absolute Gasteiger partial charge is 0.292 e. The van der Waals surface area contributed by atoms with Crippen molar-refractivity contribution in [3.8, 4) is 0 Å². The number of nitro groups is 1. The van der Waals surface area contributed by atoms with Gasteiger partial charge in [-0.1, -0.05) is 0 Å². The number of furan rings is 1. The topological polar surface area (TPSA) is 94.8 Å². The van der Waals surface area contributed by atoms with Crippen LogP contribution in [0.4, 0.5) is 17.1 Å². The predicted octanol–water partition coefficient (Wildman–Crippen LogP) is 3.26. The van der Waals surface area contributed by atoms with Crippen molar-refractivity contribution < 1.29 is 14.1 Å². The van der Waals surface area contributed by atoms with E-state index in [1.165, 1.54) is 6.07 Å². The maximum Gasteiger partial charge on any atom is 0.292 e. The molecular weight excluding hydrogens is 298 g/mol. The Bertz CT molecular complexity index is 713. The van der Waals surface area contributed by atoms with Gasteiger partial charge in [0.1, 0.15) is 23.8 Å². The highest BCUT2D eigenvalue weighted by molar-refractivity contribution is 5.69. The van der Waals surface area contributed by atoms with Crippen molar-refractivity contribution in [2.75, 3.05) is 24.3 Å². The number of rotatable bonds is 5. The van der Waals surface area contributed by atoms with E-state index in [2.05, 4.69) is 0 Å². The molecule has 0 amide bonds. The molecule has 23 heavy (non-hydrogen) atoms. The quantitative estimate of drug-likeness (QED) is 0.516. The van der Waals surface area contributed by atoms with Gasteiger partial charge in [-0.2, -0.15) is 0 Å². The van der Waals surface area contributed by atoms with Gasteiger partial charge in [0.15, 0.2) is 0 Å². The van der Waals surface area contributed by atoms with Crippen LogP contribution in [-0.4, -0.2) is 18.6 Å². The summed E-state index contributed by atoms with van der Waals surface area (Å²) in [5, 5.41) is 11.3. The van der Waals surface area contributed by atoms with Crippen LogP contribution in [0.2, 0.25) is 0 Å². The number of benzene rings is 1. The molecule has 7 heteroatoms. The maximum atomic E-state index is 11.3. The molecule has 1 aromatic carbocycles. The van der Waals surface area contributed by atoms with Gasteiger partial charge in [0.25, 0.3) is 5.69 Å². The van der Waals surface area contributed by atoms with E-state index >= 15 is 0 Å². The Morgan fingerprint density at radius 3 is 3.00 bits per heavy atom. The number of ether oxygens (including phenoxy) is 1. The molecule has 3 rings (SSSR count). The van der Waals surface area contributed by atoms with Crippen LogP contribution >= 0.6 is 0 Å².